The first-order valence-corrected chi connectivity index (χ1v) is 8.86. The predicted molar refractivity (Wildman–Crippen MR) is 98.4 cm³/mol. The van der Waals surface area contributed by atoms with E-state index >= 15 is 0 Å². The summed E-state index contributed by atoms with van der Waals surface area (Å²) in [4.78, 5) is 17.8. The Hall–Kier alpha value is -2.12. The molecule has 122 valence electrons. The van der Waals surface area contributed by atoms with Gasteiger partial charge in [0.1, 0.15) is 0 Å². The molecule has 0 aliphatic carbocycles. The molecule has 2 aromatic carbocycles. The molecule has 1 aromatic heterocycles. The van der Waals surface area contributed by atoms with Crippen molar-refractivity contribution >= 4 is 39.3 Å². The Kier molecular flexibility index (Phi) is 5.01. The fraction of sp³-hybridized carbons (Fsp3) is 0.118. The Morgan fingerprint density at radius 2 is 1.88 bits per heavy atom. The molecule has 3 aromatic rings. The van der Waals surface area contributed by atoms with Crippen LogP contribution < -0.4 is 5.32 Å². The number of nitrogens with zero attached hydrogens (tertiary/aromatic N) is 3. The molecule has 1 amide bonds. The van der Waals surface area contributed by atoms with Gasteiger partial charge in [-0.05, 0) is 58.4 Å². The summed E-state index contributed by atoms with van der Waals surface area (Å²) in [6.45, 7) is 1.92. The number of hydrogen-bond acceptors (Lipinski definition) is 4. The normalized spacial score (nSPS) is 10.6. The second-order valence-electron chi connectivity index (χ2n) is 5.15. The average Bonchev–Trinajstić information content (AvgIpc) is 2.87. The number of carbonyl (C=O) groups is 1. The molecule has 0 fully saturated rings. The molecule has 0 radical (unpaired) electrons. The molecule has 1 N–H and O–H groups in total. The number of nitrogens with one attached hydrogen (secondary N) is 1. The number of aryl methyl sites for hydroxylation is 2. The van der Waals surface area contributed by atoms with Crippen LogP contribution in [0.5, 0.6) is 0 Å². The summed E-state index contributed by atoms with van der Waals surface area (Å²) >= 11 is 4.72. The first-order valence-electron chi connectivity index (χ1n) is 7.25. The highest BCUT2D eigenvalue weighted by molar-refractivity contribution is 9.10. The third-order valence-corrected chi connectivity index (χ3v) is 4.87. The van der Waals surface area contributed by atoms with E-state index in [2.05, 4.69) is 31.3 Å². The fourth-order valence-electron chi connectivity index (χ4n) is 2.20. The quantitative estimate of drug-likeness (QED) is 0.706. The van der Waals surface area contributed by atoms with Gasteiger partial charge in [-0.15, -0.1) is 5.10 Å². The molecule has 5 nitrogen and oxygen atoms in total. The van der Waals surface area contributed by atoms with Crippen LogP contribution >= 0.6 is 27.7 Å². The third kappa shape index (κ3) is 3.68. The second-order valence-corrected chi connectivity index (χ2v) is 6.87. The van der Waals surface area contributed by atoms with E-state index in [-0.39, 0.29) is 5.91 Å². The van der Waals surface area contributed by atoms with Crippen molar-refractivity contribution in [1.82, 2.24) is 14.8 Å². The summed E-state index contributed by atoms with van der Waals surface area (Å²) in [5.74, 6) is -0.125. The molecule has 7 heteroatoms. The van der Waals surface area contributed by atoms with E-state index < -0.39 is 0 Å². The Bertz CT molecular complexity index is 894. The van der Waals surface area contributed by atoms with Crippen LogP contribution in [0.3, 0.4) is 0 Å². The minimum Gasteiger partial charge on any atom is -0.321 e. The van der Waals surface area contributed by atoms with E-state index in [0.29, 0.717) is 10.3 Å². The highest BCUT2D eigenvalue weighted by Gasteiger charge is 2.13. The first-order chi connectivity index (χ1) is 11.5. The number of aromatic nitrogens is 3. The van der Waals surface area contributed by atoms with Crippen LogP contribution in [0.4, 0.5) is 5.69 Å². The number of carbonyl (C=O) groups excluding carboxylic acids is 1. The summed E-state index contributed by atoms with van der Waals surface area (Å²) in [6, 6.07) is 15.2. The zero-order valence-electron chi connectivity index (χ0n) is 13.2. The maximum atomic E-state index is 12.5. The van der Waals surface area contributed by atoms with Gasteiger partial charge in [0, 0.05) is 17.5 Å². The van der Waals surface area contributed by atoms with Gasteiger partial charge in [0.15, 0.2) is 5.16 Å². The average molecular weight is 403 g/mol. The molecule has 24 heavy (non-hydrogen) atoms. The highest BCUT2D eigenvalue weighted by atomic mass is 79.9. The molecule has 0 spiro atoms. The van der Waals surface area contributed by atoms with Crippen LogP contribution in [-0.2, 0) is 7.05 Å². The Morgan fingerprint density at radius 3 is 2.58 bits per heavy atom. The Morgan fingerprint density at radius 1 is 1.17 bits per heavy atom. The molecule has 0 saturated carbocycles. The minimum atomic E-state index is -0.125. The maximum absolute atomic E-state index is 12.5. The van der Waals surface area contributed by atoms with Gasteiger partial charge in [0.05, 0.1) is 5.69 Å². The minimum absolute atomic E-state index is 0.125. The molecule has 0 unspecified atom stereocenters. The van der Waals surface area contributed by atoms with Crippen molar-refractivity contribution < 1.29 is 4.79 Å². The molecule has 0 saturated heterocycles. The van der Waals surface area contributed by atoms with Crippen molar-refractivity contribution in [3.05, 3.63) is 64.4 Å². The molecule has 0 bridgehead atoms. The lowest BCUT2D eigenvalue weighted by molar-refractivity contribution is 0.102. The monoisotopic (exact) mass is 402 g/mol. The first kappa shape index (κ1) is 16.7. The van der Waals surface area contributed by atoms with Gasteiger partial charge in [0.25, 0.3) is 5.91 Å². The molecule has 3 rings (SSSR count). The molecule has 0 aliphatic heterocycles. The SMILES string of the molecule is Cc1ccccc1C(=O)Nc1ccccc1Sc1nc(Br)nn1C. The van der Waals surface area contributed by atoms with Gasteiger partial charge >= 0.3 is 0 Å². The second kappa shape index (κ2) is 7.19. The molecular formula is C17H15BrN4OS. The number of rotatable bonds is 4. The molecule has 0 atom stereocenters. The zero-order valence-corrected chi connectivity index (χ0v) is 15.6. The topological polar surface area (TPSA) is 59.8 Å². The van der Waals surface area contributed by atoms with E-state index in [1.807, 2.05) is 62.5 Å². The molecular weight excluding hydrogens is 388 g/mol. The number of hydrogen-bond donors (Lipinski definition) is 1. The van der Waals surface area contributed by atoms with Gasteiger partial charge in [-0.25, -0.2) is 4.68 Å². The predicted octanol–water partition coefficient (Wildman–Crippen LogP) is 4.29. The van der Waals surface area contributed by atoms with Crippen molar-refractivity contribution in [3.8, 4) is 0 Å². The van der Waals surface area contributed by atoms with E-state index in [1.165, 1.54) is 11.8 Å². The summed E-state index contributed by atoms with van der Waals surface area (Å²) in [5, 5.41) is 7.89. The number of halogens is 1. The smallest absolute Gasteiger partial charge is 0.255 e. The number of anilines is 1. The summed E-state index contributed by atoms with van der Waals surface area (Å²) in [6.07, 6.45) is 0. The van der Waals surface area contributed by atoms with Crippen molar-refractivity contribution in [3.63, 3.8) is 0 Å². The maximum Gasteiger partial charge on any atom is 0.255 e. The fourth-order valence-corrected chi connectivity index (χ4v) is 3.60. The highest BCUT2D eigenvalue weighted by Crippen LogP contribution is 2.32. The van der Waals surface area contributed by atoms with Crippen LogP contribution in [0, 0.1) is 6.92 Å². The van der Waals surface area contributed by atoms with Crippen LogP contribution in [0.15, 0.2) is 63.3 Å². The Balaban J connectivity index is 1.86. The molecule has 1 heterocycles. The number of para-hydroxylation sites is 1. The van der Waals surface area contributed by atoms with Gasteiger partial charge in [0.2, 0.25) is 4.73 Å². The lowest BCUT2D eigenvalue weighted by Gasteiger charge is -2.11. The Labute approximate surface area is 152 Å². The van der Waals surface area contributed by atoms with E-state index in [1.54, 1.807) is 4.68 Å². The largest absolute Gasteiger partial charge is 0.321 e. The van der Waals surface area contributed by atoms with Crippen molar-refractivity contribution in [2.45, 2.75) is 17.0 Å². The van der Waals surface area contributed by atoms with E-state index in [0.717, 1.165) is 21.3 Å². The lowest BCUT2D eigenvalue weighted by atomic mass is 10.1. The van der Waals surface area contributed by atoms with Crippen LogP contribution in [0.2, 0.25) is 0 Å². The van der Waals surface area contributed by atoms with Gasteiger partial charge in [-0.2, -0.15) is 4.98 Å². The van der Waals surface area contributed by atoms with E-state index in [9.17, 15) is 4.79 Å². The van der Waals surface area contributed by atoms with Crippen molar-refractivity contribution in [2.24, 2.45) is 7.05 Å². The molecule has 0 aliphatic rings. The van der Waals surface area contributed by atoms with E-state index in [4.69, 9.17) is 0 Å². The van der Waals surface area contributed by atoms with Gasteiger partial charge < -0.3 is 5.32 Å². The van der Waals surface area contributed by atoms with Crippen LogP contribution in [0.1, 0.15) is 15.9 Å². The summed E-state index contributed by atoms with van der Waals surface area (Å²) in [7, 11) is 1.83. The van der Waals surface area contributed by atoms with Crippen molar-refractivity contribution in [2.75, 3.05) is 5.32 Å². The summed E-state index contributed by atoms with van der Waals surface area (Å²) in [5.41, 5.74) is 2.35. The zero-order chi connectivity index (χ0) is 17.1. The van der Waals surface area contributed by atoms with Gasteiger partial charge in [-0.1, -0.05) is 30.3 Å². The van der Waals surface area contributed by atoms with Crippen LogP contribution in [-0.4, -0.2) is 20.7 Å². The third-order valence-electron chi connectivity index (χ3n) is 3.42. The standard InChI is InChI=1S/C17H15BrN4OS/c1-11-7-3-4-8-12(11)15(23)19-13-9-5-6-10-14(13)24-17-20-16(18)21-22(17)2/h3-10H,1-2H3,(H,19,23). The summed E-state index contributed by atoms with van der Waals surface area (Å²) < 4.78 is 2.23. The van der Waals surface area contributed by atoms with Crippen LogP contribution in [0.25, 0.3) is 0 Å². The number of benzene rings is 2. The number of amides is 1. The van der Waals surface area contributed by atoms with Crippen molar-refractivity contribution in [1.29, 1.82) is 0 Å². The van der Waals surface area contributed by atoms with Gasteiger partial charge in [-0.3, -0.25) is 4.79 Å². The lowest BCUT2D eigenvalue weighted by Crippen LogP contribution is -2.13.